The number of hydrogen-bond donors (Lipinski definition) is 3. The summed E-state index contributed by atoms with van der Waals surface area (Å²) in [6.07, 6.45) is -2.30. The van der Waals surface area contributed by atoms with Crippen LogP contribution in [0.1, 0.15) is 17.4 Å². The highest BCUT2D eigenvalue weighted by atomic mass is 35.5. The van der Waals surface area contributed by atoms with Crippen LogP contribution in [-0.4, -0.2) is 37.4 Å². The minimum absolute atomic E-state index is 0.00624. The number of aliphatic carboxylic acids is 1. The zero-order valence-corrected chi connectivity index (χ0v) is 8.51. The molecule has 0 aliphatic heterocycles. The van der Waals surface area contributed by atoms with E-state index in [9.17, 15) is 9.90 Å². The Bertz CT molecular complexity index is 385. The number of nitrogens with zero attached hydrogens (tertiary/aromatic N) is 2. The molecule has 0 amide bonds. The summed E-state index contributed by atoms with van der Waals surface area (Å²) in [5.41, 5.74) is 0.456. The molecule has 0 radical (unpaired) electrons. The van der Waals surface area contributed by atoms with Crippen LogP contribution < -0.4 is 0 Å². The molecule has 0 spiro atoms. The Labute approximate surface area is 90.2 Å². The van der Waals surface area contributed by atoms with Crippen LogP contribution in [0.2, 0.25) is 5.28 Å². The number of aromatic nitrogens is 2. The second-order valence-corrected chi connectivity index (χ2v) is 3.25. The second kappa shape index (κ2) is 4.52. The summed E-state index contributed by atoms with van der Waals surface area (Å²) in [7, 11) is 0. The minimum atomic E-state index is -1.91. The van der Waals surface area contributed by atoms with E-state index in [1.54, 1.807) is 0 Å². The maximum Gasteiger partial charge on any atom is 0.335 e. The molecule has 0 saturated carbocycles. The van der Waals surface area contributed by atoms with Crippen molar-refractivity contribution in [2.24, 2.45) is 0 Å². The first-order valence-corrected chi connectivity index (χ1v) is 4.39. The predicted octanol–water partition coefficient (Wildman–Crippen LogP) is -0.0827. The van der Waals surface area contributed by atoms with Crippen LogP contribution in [0.15, 0.2) is 6.20 Å². The Kier molecular flexibility index (Phi) is 3.57. The largest absolute Gasteiger partial charge is 0.479 e. The quantitative estimate of drug-likeness (QED) is 0.630. The van der Waals surface area contributed by atoms with Crippen LogP contribution in [0.5, 0.6) is 0 Å². The zero-order valence-electron chi connectivity index (χ0n) is 7.75. The van der Waals surface area contributed by atoms with Crippen molar-refractivity contribution in [3.05, 3.63) is 22.7 Å². The number of carboxylic acids is 1. The van der Waals surface area contributed by atoms with Crippen LogP contribution in [0.25, 0.3) is 0 Å². The fraction of sp³-hybridized carbons (Fsp3) is 0.375. The number of halogens is 1. The Morgan fingerprint density at radius 3 is 2.60 bits per heavy atom. The molecule has 1 aromatic heterocycles. The number of carboxylic acid groups (broad SMARTS) is 1. The molecule has 2 atom stereocenters. The molecular weight excluding hydrogens is 224 g/mol. The highest BCUT2D eigenvalue weighted by Crippen LogP contribution is 2.19. The van der Waals surface area contributed by atoms with Gasteiger partial charge in [-0.2, -0.15) is 0 Å². The maximum absolute atomic E-state index is 10.4. The van der Waals surface area contributed by atoms with Crippen molar-refractivity contribution in [1.29, 1.82) is 0 Å². The molecule has 0 aliphatic rings. The van der Waals surface area contributed by atoms with Gasteiger partial charge in [-0.15, -0.1) is 0 Å². The number of hydrogen-bond acceptors (Lipinski definition) is 5. The van der Waals surface area contributed by atoms with Gasteiger partial charge in [-0.05, 0) is 18.5 Å². The smallest absolute Gasteiger partial charge is 0.335 e. The van der Waals surface area contributed by atoms with E-state index in [-0.39, 0.29) is 10.8 Å². The highest BCUT2D eigenvalue weighted by molar-refractivity contribution is 6.28. The molecule has 15 heavy (non-hydrogen) atoms. The van der Waals surface area contributed by atoms with Crippen molar-refractivity contribution in [2.45, 2.75) is 19.1 Å². The van der Waals surface area contributed by atoms with Gasteiger partial charge in [-0.25, -0.2) is 14.8 Å². The minimum Gasteiger partial charge on any atom is -0.479 e. The van der Waals surface area contributed by atoms with Crippen molar-refractivity contribution in [1.82, 2.24) is 9.97 Å². The summed E-state index contributed by atoms with van der Waals surface area (Å²) >= 11 is 5.48. The zero-order chi connectivity index (χ0) is 11.6. The number of carbonyl (C=O) groups is 1. The molecule has 3 N–H and O–H groups in total. The number of rotatable bonds is 3. The van der Waals surface area contributed by atoms with Crippen LogP contribution in [0.3, 0.4) is 0 Å². The van der Waals surface area contributed by atoms with E-state index in [1.807, 2.05) is 0 Å². The van der Waals surface area contributed by atoms with Crippen LogP contribution >= 0.6 is 11.6 Å². The van der Waals surface area contributed by atoms with Crippen LogP contribution in [0, 0.1) is 6.92 Å². The first-order chi connectivity index (χ1) is 6.93. The molecule has 0 saturated heterocycles. The van der Waals surface area contributed by atoms with Gasteiger partial charge in [0.05, 0.1) is 0 Å². The Morgan fingerprint density at radius 1 is 1.53 bits per heavy atom. The van der Waals surface area contributed by atoms with Crippen LogP contribution in [-0.2, 0) is 4.79 Å². The van der Waals surface area contributed by atoms with Gasteiger partial charge in [0.25, 0.3) is 0 Å². The van der Waals surface area contributed by atoms with Gasteiger partial charge in [0.2, 0.25) is 5.28 Å². The topological polar surface area (TPSA) is 104 Å². The highest BCUT2D eigenvalue weighted by Gasteiger charge is 2.27. The van der Waals surface area contributed by atoms with Crippen molar-refractivity contribution in [3.8, 4) is 0 Å². The molecule has 0 bridgehead atoms. The first-order valence-electron chi connectivity index (χ1n) is 4.01. The monoisotopic (exact) mass is 232 g/mol. The Balaban J connectivity index is 3.01. The van der Waals surface area contributed by atoms with Crippen molar-refractivity contribution >= 4 is 17.6 Å². The third kappa shape index (κ3) is 2.62. The third-order valence-electron chi connectivity index (χ3n) is 1.86. The molecule has 0 aromatic carbocycles. The number of aryl methyl sites for hydroxylation is 1. The number of aliphatic hydroxyl groups is 2. The summed E-state index contributed by atoms with van der Waals surface area (Å²) in [6, 6.07) is 0. The van der Waals surface area contributed by atoms with E-state index < -0.39 is 18.2 Å². The lowest BCUT2D eigenvalue weighted by Crippen LogP contribution is -2.28. The van der Waals surface area contributed by atoms with Crippen molar-refractivity contribution in [2.75, 3.05) is 0 Å². The molecule has 0 fully saturated rings. The van der Waals surface area contributed by atoms with Gasteiger partial charge in [-0.1, -0.05) is 0 Å². The third-order valence-corrected chi connectivity index (χ3v) is 2.04. The van der Waals surface area contributed by atoms with E-state index in [4.69, 9.17) is 21.8 Å². The SMILES string of the molecule is Cc1nc(Cl)ncc1C(O)C(O)C(=O)O. The van der Waals surface area contributed by atoms with Crippen molar-refractivity contribution in [3.63, 3.8) is 0 Å². The fourth-order valence-electron chi connectivity index (χ4n) is 1.04. The molecule has 6 nitrogen and oxygen atoms in total. The van der Waals surface area contributed by atoms with Crippen LogP contribution in [0.4, 0.5) is 0 Å². The van der Waals surface area contributed by atoms with E-state index in [0.717, 1.165) is 0 Å². The molecule has 82 valence electrons. The Hall–Kier alpha value is -1.24. The summed E-state index contributed by atoms with van der Waals surface area (Å²) in [5, 5.41) is 27.1. The molecule has 1 aromatic rings. The standard InChI is InChI=1S/C8H9ClN2O4/c1-3-4(2-10-8(9)11-3)5(12)6(13)7(14)15/h2,5-6,12-13H,1H3,(H,14,15). The van der Waals surface area contributed by atoms with E-state index in [1.165, 1.54) is 13.1 Å². The molecule has 2 unspecified atom stereocenters. The number of aliphatic hydroxyl groups excluding tert-OH is 2. The van der Waals surface area contributed by atoms with Gasteiger partial charge >= 0.3 is 5.97 Å². The predicted molar refractivity (Wildman–Crippen MR) is 50.4 cm³/mol. The van der Waals surface area contributed by atoms with E-state index in [2.05, 4.69) is 9.97 Å². The summed E-state index contributed by atoms with van der Waals surface area (Å²) < 4.78 is 0. The van der Waals surface area contributed by atoms with E-state index in [0.29, 0.717) is 5.69 Å². The van der Waals surface area contributed by atoms with Crippen molar-refractivity contribution < 1.29 is 20.1 Å². The average molecular weight is 233 g/mol. The van der Waals surface area contributed by atoms with Gasteiger partial charge in [0.1, 0.15) is 6.10 Å². The average Bonchev–Trinajstić information content (AvgIpc) is 2.15. The lowest BCUT2D eigenvalue weighted by atomic mass is 10.1. The van der Waals surface area contributed by atoms with Gasteiger partial charge in [0.15, 0.2) is 6.10 Å². The van der Waals surface area contributed by atoms with E-state index >= 15 is 0 Å². The summed E-state index contributed by atoms with van der Waals surface area (Å²) in [6.45, 7) is 1.53. The molecule has 0 aliphatic carbocycles. The maximum atomic E-state index is 10.4. The van der Waals surface area contributed by atoms with Gasteiger partial charge in [0, 0.05) is 17.5 Å². The summed E-state index contributed by atoms with van der Waals surface area (Å²) in [4.78, 5) is 17.7. The lowest BCUT2D eigenvalue weighted by molar-refractivity contribution is -0.153. The lowest BCUT2D eigenvalue weighted by Gasteiger charge is -2.15. The normalized spacial score (nSPS) is 14.7. The molecule has 1 rings (SSSR count). The molecule has 1 heterocycles. The first kappa shape index (κ1) is 11.8. The fourth-order valence-corrected chi connectivity index (χ4v) is 1.22. The summed E-state index contributed by atoms with van der Waals surface area (Å²) in [5.74, 6) is -1.52. The molecular formula is C8H9ClN2O4. The second-order valence-electron chi connectivity index (χ2n) is 2.91. The van der Waals surface area contributed by atoms with Gasteiger partial charge in [-0.3, -0.25) is 0 Å². The van der Waals surface area contributed by atoms with Gasteiger partial charge < -0.3 is 15.3 Å². The Morgan fingerprint density at radius 2 is 2.13 bits per heavy atom. The molecule has 7 heteroatoms.